The summed E-state index contributed by atoms with van der Waals surface area (Å²) < 4.78 is 11.4. The lowest BCUT2D eigenvalue weighted by molar-refractivity contribution is -0.130. The lowest BCUT2D eigenvalue weighted by Crippen LogP contribution is -2.27. The van der Waals surface area contributed by atoms with Crippen LogP contribution in [0.25, 0.3) is 0 Å². The van der Waals surface area contributed by atoms with E-state index in [1.54, 1.807) is 50.5 Å². The molecule has 0 fully saturated rings. The standard InChI is InChI=1S/C26H26ClN3O4/c1-18-14-22(12-13-23(18)27)33-16-19-8-10-20(11-9-19)26(32)29-28-15-21-6-4-5-7-24(21)34-17-25(31)30(2)3/h4-15H,16-17H2,1-3H3,(H,29,32)/b28-15+. The Bertz CT molecular complexity index is 1180. The van der Waals surface area contributed by atoms with E-state index >= 15 is 0 Å². The third kappa shape index (κ3) is 7.08. The van der Waals surface area contributed by atoms with Crippen molar-refractivity contribution in [2.24, 2.45) is 5.10 Å². The molecule has 34 heavy (non-hydrogen) atoms. The van der Waals surface area contributed by atoms with Crippen LogP contribution in [0.4, 0.5) is 0 Å². The maximum absolute atomic E-state index is 12.4. The lowest BCUT2D eigenvalue weighted by atomic mass is 10.1. The molecule has 0 aliphatic carbocycles. The van der Waals surface area contributed by atoms with Gasteiger partial charge in [0.2, 0.25) is 0 Å². The molecule has 1 N–H and O–H groups in total. The average Bonchev–Trinajstić information content (AvgIpc) is 2.84. The number of carbonyl (C=O) groups excluding carboxylic acids is 2. The number of nitrogens with zero attached hydrogens (tertiary/aromatic N) is 2. The molecule has 3 aromatic carbocycles. The maximum Gasteiger partial charge on any atom is 0.271 e. The Kier molecular flexibility index (Phi) is 8.65. The topological polar surface area (TPSA) is 80.2 Å². The molecule has 0 aliphatic rings. The van der Waals surface area contributed by atoms with Crippen LogP contribution in [0, 0.1) is 6.92 Å². The van der Waals surface area contributed by atoms with Gasteiger partial charge in [0.15, 0.2) is 6.61 Å². The molecule has 0 heterocycles. The quantitative estimate of drug-likeness (QED) is 0.363. The molecule has 0 saturated carbocycles. The molecule has 0 unspecified atom stereocenters. The van der Waals surface area contributed by atoms with Gasteiger partial charge in [-0.15, -0.1) is 0 Å². The Morgan fingerprint density at radius 3 is 2.47 bits per heavy atom. The van der Waals surface area contributed by atoms with Gasteiger partial charge in [0.25, 0.3) is 11.8 Å². The normalized spacial score (nSPS) is 10.7. The van der Waals surface area contributed by atoms with E-state index in [1.807, 2.05) is 37.3 Å². The summed E-state index contributed by atoms with van der Waals surface area (Å²) in [6, 6.07) is 19.7. The van der Waals surface area contributed by atoms with Crippen molar-refractivity contribution in [2.45, 2.75) is 13.5 Å². The average molecular weight is 480 g/mol. The highest BCUT2D eigenvalue weighted by Crippen LogP contribution is 2.22. The van der Waals surface area contributed by atoms with E-state index in [1.165, 1.54) is 11.1 Å². The number of ether oxygens (including phenoxy) is 2. The first-order valence-electron chi connectivity index (χ1n) is 10.6. The van der Waals surface area contributed by atoms with Gasteiger partial charge < -0.3 is 14.4 Å². The SMILES string of the molecule is Cc1cc(OCc2ccc(C(=O)N/N=C/c3ccccc3OCC(=O)N(C)C)cc2)ccc1Cl. The smallest absolute Gasteiger partial charge is 0.271 e. The van der Waals surface area contributed by atoms with Crippen molar-refractivity contribution in [1.29, 1.82) is 0 Å². The van der Waals surface area contributed by atoms with Gasteiger partial charge in [-0.25, -0.2) is 5.43 Å². The van der Waals surface area contributed by atoms with E-state index < -0.39 is 0 Å². The first-order chi connectivity index (χ1) is 16.3. The molecule has 2 amide bonds. The monoisotopic (exact) mass is 479 g/mol. The van der Waals surface area contributed by atoms with Crippen LogP contribution in [-0.4, -0.2) is 43.6 Å². The third-order valence-corrected chi connectivity index (χ3v) is 5.31. The molecule has 0 saturated heterocycles. The molecule has 0 atom stereocenters. The van der Waals surface area contributed by atoms with Gasteiger partial charge in [-0.3, -0.25) is 9.59 Å². The minimum atomic E-state index is -0.349. The van der Waals surface area contributed by atoms with Crippen LogP contribution in [-0.2, 0) is 11.4 Å². The Balaban J connectivity index is 1.54. The molecule has 7 nitrogen and oxygen atoms in total. The Labute approximate surface area is 203 Å². The fraction of sp³-hybridized carbons (Fsp3) is 0.192. The number of hydrazone groups is 1. The molecular weight excluding hydrogens is 454 g/mol. The number of aryl methyl sites for hydroxylation is 1. The van der Waals surface area contributed by atoms with Gasteiger partial charge in [-0.2, -0.15) is 5.10 Å². The molecule has 0 aromatic heterocycles. The fourth-order valence-corrected chi connectivity index (χ4v) is 2.96. The molecule has 0 aliphatic heterocycles. The van der Waals surface area contributed by atoms with Crippen molar-refractivity contribution in [3.05, 3.63) is 94.0 Å². The number of hydrogen-bond donors (Lipinski definition) is 1. The minimum absolute atomic E-state index is 0.0854. The van der Waals surface area contributed by atoms with Crippen molar-refractivity contribution < 1.29 is 19.1 Å². The summed E-state index contributed by atoms with van der Waals surface area (Å²) in [7, 11) is 3.32. The maximum atomic E-state index is 12.4. The van der Waals surface area contributed by atoms with Crippen LogP contribution >= 0.6 is 11.6 Å². The predicted molar refractivity (Wildman–Crippen MR) is 133 cm³/mol. The molecule has 8 heteroatoms. The minimum Gasteiger partial charge on any atom is -0.489 e. The van der Waals surface area contributed by atoms with Crippen molar-refractivity contribution in [3.8, 4) is 11.5 Å². The van der Waals surface area contributed by atoms with Crippen LogP contribution in [0.2, 0.25) is 5.02 Å². The Hall–Kier alpha value is -3.84. The van der Waals surface area contributed by atoms with Crippen molar-refractivity contribution in [3.63, 3.8) is 0 Å². The summed E-state index contributed by atoms with van der Waals surface area (Å²) in [5.74, 6) is 0.722. The Morgan fingerprint density at radius 2 is 1.76 bits per heavy atom. The molecule has 0 radical (unpaired) electrons. The number of para-hydroxylation sites is 1. The number of hydrogen-bond acceptors (Lipinski definition) is 5. The third-order valence-electron chi connectivity index (χ3n) is 4.89. The highest BCUT2D eigenvalue weighted by atomic mass is 35.5. The summed E-state index contributed by atoms with van der Waals surface area (Å²) in [6.45, 7) is 2.20. The van der Waals surface area contributed by atoms with E-state index in [4.69, 9.17) is 21.1 Å². The van der Waals surface area contributed by atoms with E-state index in [0.717, 1.165) is 16.9 Å². The first kappa shape index (κ1) is 24.8. The highest BCUT2D eigenvalue weighted by Gasteiger charge is 2.08. The molecular formula is C26H26ClN3O4. The molecule has 176 valence electrons. The van der Waals surface area contributed by atoms with Gasteiger partial charge in [0.05, 0.1) is 6.21 Å². The zero-order chi connectivity index (χ0) is 24.5. The number of likely N-dealkylation sites (N-methyl/N-ethyl adjacent to an activating group) is 1. The number of benzene rings is 3. The van der Waals surface area contributed by atoms with Crippen LogP contribution in [0.5, 0.6) is 11.5 Å². The van der Waals surface area contributed by atoms with E-state index in [2.05, 4.69) is 10.5 Å². The van der Waals surface area contributed by atoms with E-state index in [-0.39, 0.29) is 18.4 Å². The summed E-state index contributed by atoms with van der Waals surface area (Å²) >= 11 is 6.04. The van der Waals surface area contributed by atoms with Crippen LogP contribution in [0.1, 0.15) is 27.0 Å². The van der Waals surface area contributed by atoms with Crippen molar-refractivity contribution in [1.82, 2.24) is 10.3 Å². The van der Waals surface area contributed by atoms with Gasteiger partial charge in [0, 0.05) is 30.2 Å². The van der Waals surface area contributed by atoms with E-state index in [9.17, 15) is 9.59 Å². The second-order valence-corrected chi connectivity index (χ2v) is 8.12. The summed E-state index contributed by atoms with van der Waals surface area (Å²) in [5.41, 5.74) is 5.47. The van der Waals surface area contributed by atoms with E-state index in [0.29, 0.717) is 28.5 Å². The molecule has 3 rings (SSSR count). The van der Waals surface area contributed by atoms with Crippen molar-refractivity contribution in [2.75, 3.05) is 20.7 Å². The molecule has 0 bridgehead atoms. The predicted octanol–water partition coefficient (Wildman–Crippen LogP) is 4.46. The summed E-state index contributed by atoms with van der Waals surface area (Å²) in [6.07, 6.45) is 1.48. The summed E-state index contributed by atoms with van der Waals surface area (Å²) in [4.78, 5) is 25.6. The van der Waals surface area contributed by atoms with Crippen LogP contribution in [0.15, 0.2) is 71.8 Å². The number of nitrogens with one attached hydrogen (secondary N) is 1. The number of carbonyl (C=O) groups is 2. The van der Waals surface area contributed by atoms with Gasteiger partial charge in [-0.05, 0) is 60.5 Å². The molecule has 3 aromatic rings. The largest absolute Gasteiger partial charge is 0.489 e. The first-order valence-corrected chi connectivity index (χ1v) is 10.9. The van der Waals surface area contributed by atoms with Crippen molar-refractivity contribution >= 4 is 29.6 Å². The Morgan fingerprint density at radius 1 is 1.03 bits per heavy atom. The lowest BCUT2D eigenvalue weighted by Gasteiger charge is -2.12. The van der Waals surface area contributed by atoms with Crippen LogP contribution < -0.4 is 14.9 Å². The highest BCUT2D eigenvalue weighted by molar-refractivity contribution is 6.31. The zero-order valence-electron chi connectivity index (χ0n) is 19.2. The zero-order valence-corrected chi connectivity index (χ0v) is 20.0. The second-order valence-electron chi connectivity index (χ2n) is 7.71. The van der Waals surface area contributed by atoms with Gasteiger partial charge in [0.1, 0.15) is 18.1 Å². The number of halogens is 1. The molecule has 0 spiro atoms. The van der Waals surface area contributed by atoms with Crippen LogP contribution in [0.3, 0.4) is 0 Å². The summed E-state index contributed by atoms with van der Waals surface area (Å²) in [5, 5.41) is 4.71. The van der Waals surface area contributed by atoms with Gasteiger partial charge >= 0.3 is 0 Å². The fourth-order valence-electron chi connectivity index (χ4n) is 2.84. The second kappa shape index (κ2) is 11.9. The number of rotatable bonds is 9. The number of amides is 2. The van der Waals surface area contributed by atoms with Gasteiger partial charge in [-0.1, -0.05) is 35.9 Å².